The van der Waals surface area contributed by atoms with Crippen molar-refractivity contribution in [3.05, 3.63) is 31.6 Å². The fourth-order valence-corrected chi connectivity index (χ4v) is 0.931. The van der Waals surface area contributed by atoms with Crippen molar-refractivity contribution in [1.82, 2.24) is 5.32 Å². The molecule has 65 valence electrons. The van der Waals surface area contributed by atoms with Crippen LogP contribution in [0.5, 0.6) is 0 Å². The van der Waals surface area contributed by atoms with Crippen LogP contribution in [0.4, 0.5) is 0 Å². The van der Waals surface area contributed by atoms with Crippen LogP contribution < -0.4 is 11.1 Å². The molecule has 0 unspecified atom stereocenters. The van der Waals surface area contributed by atoms with E-state index in [0.717, 1.165) is 6.42 Å². The fourth-order valence-electron chi connectivity index (χ4n) is 0.931. The third kappa shape index (κ3) is 2.81. The molecule has 0 aliphatic heterocycles. The van der Waals surface area contributed by atoms with Crippen molar-refractivity contribution in [2.24, 2.45) is 5.73 Å². The summed E-state index contributed by atoms with van der Waals surface area (Å²) in [4.78, 5) is 11.2. The lowest BCUT2D eigenvalue weighted by molar-refractivity contribution is -0.118. The van der Waals surface area contributed by atoms with E-state index in [1.807, 2.05) is 12.8 Å². The highest BCUT2D eigenvalue weighted by molar-refractivity contribution is 5.95. The average molecular weight is 165 g/mol. The summed E-state index contributed by atoms with van der Waals surface area (Å²) in [5, 5.41) is 2.77. The molecule has 1 aliphatic rings. The number of rotatable bonds is 4. The number of hydrogen-bond acceptors (Lipinski definition) is 2. The van der Waals surface area contributed by atoms with Crippen molar-refractivity contribution < 1.29 is 4.79 Å². The third-order valence-corrected chi connectivity index (χ3v) is 1.59. The molecule has 0 aromatic heterocycles. The SMILES string of the molecule is NCCCNC(=O)[C]1[CH][CH][CH][CH]1. The first-order valence-electron chi connectivity index (χ1n) is 4.04. The molecule has 0 heterocycles. The quantitative estimate of drug-likeness (QED) is 0.569. The summed E-state index contributed by atoms with van der Waals surface area (Å²) < 4.78 is 0. The zero-order valence-electron chi connectivity index (χ0n) is 6.92. The number of carbonyl (C=O) groups is 1. The van der Waals surface area contributed by atoms with Gasteiger partial charge in [0.05, 0.1) is 5.92 Å². The molecule has 1 fully saturated rings. The van der Waals surface area contributed by atoms with E-state index in [1.165, 1.54) is 0 Å². The van der Waals surface area contributed by atoms with Crippen LogP contribution in [0.3, 0.4) is 0 Å². The van der Waals surface area contributed by atoms with Gasteiger partial charge in [0.2, 0.25) is 5.91 Å². The van der Waals surface area contributed by atoms with Crippen LogP contribution in [-0.2, 0) is 4.79 Å². The maximum Gasteiger partial charge on any atom is 0.227 e. The molecule has 0 aromatic rings. The summed E-state index contributed by atoms with van der Waals surface area (Å²) in [7, 11) is 0. The number of carbonyl (C=O) groups excluding carboxylic acids is 1. The van der Waals surface area contributed by atoms with Crippen LogP contribution in [-0.4, -0.2) is 19.0 Å². The monoisotopic (exact) mass is 165 g/mol. The Kier molecular flexibility index (Phi) is 4.08. The summed E-state index contributed by atoms with van der Waals surface area (Å²) in [5.74, 6) is 0.695. The molecule has 3 N–H and O–H groups in total. The van der Waals surface area contributed by atoms with E-state index >= 15 is 0 Å². The van der Waals surface area contributed by atoms with Crippen LogP contribution >= 0.6 is 0 Å². The Hall–Kier alpha value is -0.570. The minimum absolute atomic E-state index is 0.0200. The second-order valence-electron chi connectivity index (χ2n) is 2.57. The highest BCUT2D eigenvalue weighted by Crippen LogP contribution is 2.22. The highest BCUT2D eigenvalue weighted by atomic mass is 16.1. The van der Waals surface area contributed by atoms with Gasteiger partial charge in [-0.1, -0.05) is 0 Å². The van der Waals surface area contributed by atoms with Gasteiger partial charge in [-0.15, -0.1) is 0 Å². The normalized spacial score (nSPS) is 18.1. The van der Waals surface area contributed by atoms with E-state index in [-0.39, 0.29) is 5.91 Å². The Balaban J connectivity index is 2.10. The molecule has 1 amide bonds. The van der Waals surface area contributed by atoms with E-state index in [2.05, 4.69) is 5.32 Å². The van der Waals surface area contributed by atoms with E-state index in [0.29, 0.717) is 19.0 Å². The van der Waals surface area contributed by atoms with Crippen molar-refractivity contribution in [3.8, 4) is 0 Å². The van der Waals surface area contributed by atoms with Crippen molar-refractivity contribution >= 4 is 5.91 Å². The first kappa shape index (κ1) is 9.52. The van der Waals surface area contributed by atoms with Crippen LogP contribution in [0.25, 0.3) is 0 Å². The molecular weight excluding hydrogens is 152 g/mol. The number of amides is 1. The second-order valence-corrected chi connectivity index (χ2v) is 2.57. The van der Waals surface area contributed by atoms with E-state index in [9.17, 15) is 4.79 Å². The van der Waals surface area contributed by atoms with Crippen LogP contribution in [0.2, 0.25) is 0 Å². The standard InChI is InChI=1S/C9H13N2O/c10-6-3-7-11-9(12)8-4-1-2-5-8/h1-2,4-5H,3,6-7,10H2,(H,11,12). The van der Waals surface area contributed by atoms with Gasteiger partial charge in [0, 0.05) is 6.54 Å². The zero-order valence-corrected chi connectivity index (χ0v) is 6.92. The predicted molar refractivity (Wildman–Crippen MR) is 47.1 cm³/mol. The molecule has 0 spiro atoms. The fraction of sp³-hybridized carbons (Fsp3) is 0.333. The zero-order chi connectivity index (χ0) is 8.81. The first-order chi connectivity index (χ1) is 5.84. The maximum atomic E-state index is 11.2. The Morgan fingerprint density at radius 1 is 1.42 bits per heavy atom. The Labute approximate surface area is 73.7 Å². The molecule has 12 heavy (non-hydrogen) atoms. The van der Waals surface area contributed by atoms with Crippen molar-refractivity contribution in [1.29, 1.82) is 0 Å². The van der Waals surface area contributed by atoms with Gasteiger partial charge in [-0.2, -0.15) is 0 Å². The third-order valence-electron chi connectivity index (χ3n) is 1.59. The Morgan fingerprint density at radius 2 is 2.08 bits per heavy atom. The van der Waals surface area contributed by atoms with Crippen LogP contribution in [0, 0.1) is 31.6 Å². The second kappa shape index (κ2) is 5.14. The number of hydrogen-bond donors (Lipinski definition) is 2. The number of nitrogens with two attached hydrogens (primary N) is 1. The lowest BCUT2D eigenvalue weighted by Crippen LogP contribution is -2.30. The van der Waals surface area contributed by atoms with Crippen LogP contribution in [0.15, 0.2) is 0 Å². The maximum absolute atomic E-state index is 11.2. The van der Waals surface area contributed by atoms with Gasteiger partial charge < -0.3 is 11.1 Å². The summed E-state index contributed by atoms with van der Waals surface area (Å²) in [5.41, 5.74) is 5.28. The molecule has 3 heteroatoms. The van der Waals surface area contributed by atoms with Gasteiger partial charge in [-0.25, -0.2) is 0 Å². The van der Waals surface area contributed by atoms with Crippen molar-refractivity contribution in [2.45, 2.75) is 6.42 Å². The van der Waals surface area contributed by atoms with Crippen LogP contribution in [0.1, 0.15) is 6.42 Å². The lowest BCUT2D eigenvalue weighted by atomic mass is 10.1. The molecule has 1 aliphatic carbocycles. The van der Waals surface area contributed by atoms with Crippen molar-refractivity contribution in [3.63, 3.8) is 0 Å². The Morgan fingerprint density at radius 3 is 2.67 bits per heavy atom. The smallest absolute Gasteiger partial charge is 0.227 e. The molecule has 0 saturated heterocycles. The molecular formula is C9H13N2O. The van der Waals surface area contributed by atoms with Gasteiger partial charge in [0.25, 0.3) is 0 Å². The van der Waals surface area contributed by atoms with Gasteiger partial charge in [-0.3, -0.25) is 4.79 Å². The largest absolute Gasteiger partial charge is 0.356 e. The average Bonchev–Trinajstić information content (AvgIpc) is 2.56. The minimum atomic E-state index is -0.0200. The molecule has 0 bridgehead atoms. The lowest BCUT2D eigenvalue weighted by Gasteiger charge is -2.07. The van der Waals surface area contributed by atoms with Gasteiger partial charge in [-0.05, 0) is 38.6 Å². The Bertz CT molecular complexity index is 141. The molecule has 5 radical (unpaired) electrons. The highest BCUT2D eigenvalue weighted by Gasteiger charge is 2.23. The summed E-state index contributed by atoms with van der Waals surface area (Å²) in [6.45, 7) is 1.27. The van der Waals surface area contributed by atoms with Crippen molar-refractivity contribution in [2.75, 3.05) is 13.1 Å². The van der Waals surface area contributed by atoms with E-state index in [4.69, 9.17) is 5.73 Å². The minimum Gasteiger partial charge on any atom is -0.356 e. The molecule has 0 aromatic carbocycles. The van der Waals surface area contributed by atoms with E-state index < -0.39 is 0 Å². The summed E-state index contributed by atoms with van der Waals surface area (Å²) >= 11 is 0. The molecule has 0 atom stereocenters. The van der Waals surface area contributed by atoms with Gasteiger partial charge >= 0.3 is 0 Å². The summed E-state index contributed by atoms with van der Waals surface area (Å²) in [6, 6.07) is 0. The molecule has 1 rings (SSSR count). The van der Waals surface area contributed by atoms with Gasteiger partial charge in [0.1, 0.15) is 0 Å². The van der Waals surface area contributed by atoms with Gasteiger partial charge in [0.15, 0.2) is 0 Å². The topological polar surface area (TPSA) is 55.1 Å². The molecule has 1 saturated carbocycles. The number of nitrogens with one attached hydrogen (secondary N) is 1. The van der Waals surface area contributed by atoms with E-state index in [1.54, 1.807) is 12.8 Å². The first-order valence-corrected chi connectivity index (χ1v) is 4.04. The summed E-state index contributed by atoms with van der Waals surface area (Å²) in [6.07, 6.45) is 8.09. The molecule has 3 nitrogen and oxygen atoms in total. The predicted octanol–water partition coefficient (Wildman–Crippen LogP) is -0.143.